The molecule has 1 aromatic heterocycles. The van der Waals surface area contributed by atoms with Crippen LogP contribution in [-0.4, -0.2) is 23.9 Å². The zero-order chi connectivity index (χ0) is 17.5. The summed E-state index contributed by atoms with van der Waals surface area (Å²) in [6.45, 7) is 4.05. The van der Waals surface area contributed by atoms with E-state index in [-0.39, 0.29) is 17.7 Å². The number of rotatable bonds is 6. The first-order valence-electron chi connectivity index (χ1n) is 7.68. The molecule has 0 saturated heterocycles. The minimum atomic E-state index is -0.253. The molecule has 2 N–H and O–H groups in total. The smallest absolute Gasteiger partial charge is 0.257 e. The van der Waals surface area contributed by atoms with Crippen LogP contribution in [0.25, 0.3) is 0 Å². The van der Waals surface area contributed by atoms with Gasteiger partial charge in [0.2, 0.25) is 11.8 Å². The van der Waals surface area contributed by atoms with Crippen LogP contribution in [0.3, 0.4) is 0 Å². The van der Waals surface area contributed by atoms with Crippen molar-refractivity contribution in [3.05, 3.63) is 53.7 Å². The van der Waals surface area contributed by atoms with Crippen molar-refractivity contribution in [2.24, 2.45) is 5.92 Å². The number of carbonyl (C=O) groups excluding carboxylic acids is 2. The summed E-state index contributed by atoms with van der Waals surface area (Å²) in [4.78, 5) is 27.8. The van der Waals surface area contributed by atoms with Crippen LogP contribution in [0.4, 0.5) is 5.69 Å². The number of hydrogen-bond acceptors (Lipinski definition) is 4. The zero-order valence-electron chi connectivity index (χ0n) is 14.0. The fourth-order valence-electron chi connectivity index (χ4n) is 2.00. The van der Waals surface area contributed by atoms with Crippen molar-refractivity contribution in [3.8, 4) is 5.88 Å². The summed E-state index contributed by atoms with van der Waals surface area (Å²) >= 11 is 0. The van der Waals surface area contributed by atoms with Gasteiger partial charge in [0.25, 0.3) is 5.91 Å². The Balaban J connectivity index is 1.95. The molecule has 2 aromatic rings. The number of methoxy groups -OCH3 is 1. The maximum absolute atomic E-state index is 12.2. The van der Waals surface area contributed by atoms with Gasteiger partial charge in [0, 0.05) is 24.3 Å². The van der Waals surface area contributed by atoms with Gasteiger partial charge < -0.3 is 15.4 Å². The van der Waals surface area contributed by atoms with Gasteiger partial charge in [-0.2, -0.15) is 0 Å². The Morgan fingerprint density at radius 2 is 1.88 bits per heavy atom. The predicted molar refractivity (Wildman–Crippen MR) is 91.9 cm³/mol. The fraction of sp³-hybridized carbons (Fsp3) is 0.278. The highest BCUT2D eigenvalue weighted by atomic mass is 16.5. The third kappa shape index (κ3) is 4.55. The molecule has 0 aliphatic rings. The van der Waals surface area contributed by atoms with E-state index in [1.165, 1.54) is 7.11 Å². The van der Waals surface area contributed by atoms with E-state index in [9.17, 15) is 9.59 Å². The second kappa shape index (κ2) is 8.10. The number of benzene rings is 1. The number of pyridine rings is 1. The van der Waals surface area contributed by atoms with Gasteiger partial charge in [0.05, 0.1) is 7.11 Å². The molecular formula is C18H21N3O3. The highest BCUT2D eigenvalue weighted by Gasteiger charge is 2.12. The van der Waals surface area contributed by atoms with Crippen LogP contribution in [0.15, 0.2) is 42.6 Å². The molecular weight excluding hydrogens is 306 g/mol. The van der Waals surface area contributed by atoms with Gasteiger partial charge in [-0.1, -0.05) is 26.0 Å². The Bertz CT molecular complexity index is 712. The van der Waals surface area contributed by atoms with Crippen LogP contribution in [-0.2, 0) is 11.3 Å². The number of nitrogens with one attached hydrogen (secondary N) is 2. The lowest BCUT2D eigenvalue weighted by Gasteiger charge is -2.10. The number of amides is 2. The molecule has 6 heteroatoms. The van der Waals surface area contributed by atoms with Crippen molar-refractivity contribution in [2.75, 3.05) is 12.4 Å². The van der Waals surface area contributed by atoms with Gasteiger partial charge in [-0.25, -0.2) is 4.98 Å². The summed E-state index contributed by atoms with van der Waals surface area (Å²) in [6.07, 6.45) is 1.57. The molecule has 2 rings (SSSR count). The second-order valence-electron chi connectivity index (χ2n) is 5.58. The molecule has 1 aromatic carbocycles. The number of ether oxygens (including phenoxy) is 1. The van der Waals surface area contributed by atoms with Crippen molar-refractivity contribution < 1.29 is 14.3 Å². The molecule has 2 amide bonds. The normalized spacial score (nSPS) is 10.3. The van der Waals surface area contributed by atoms with Crippen LogP contribution in [0.2, 0.25) is 0 Å². The molecule has 0 spiro atoms. The minimum absolute atomic E-state index is 0.0280. The van der Waals surface area contributed by atoms with Gasteiger partial charge in [-0.3, -0.25) is 9.59 Å². The summed E-state index contributed by atoms with van der Waals surface area (Å²) < 4.78 is 5.08. The fourth-order valence-corrected chi connectivity index (χ4v) is 2.00. The minimum Gasteiger partial charge on any atom is -0.480 e. The van der Waals surface area contributed by atoms with Gasteiger partial charge >= 0.3 is 0 Å². The third-order valence-corrected chi connectivity index (χ3v) is 3.41. The van der Waals surface area contributed by atoms with E-state index in [0.29, 0.717) is 18.0 Å². The van der Waals surface area contributed by atoms with Crippen molar-refractivity contribution in [1.29, 1.82) is 0 Å². The number of anilines is 1. The first-order valence-corrected chi connectivity index (χ1v) is 7.68. The van der Waals surface area contributed by atoms with E-state index in [2.05, 4.69) is 15.6 Å². The Labute approximate surface area is 141 Å². The third-order valence-electron chi connectivity index (χ3n) is 3.41. The monoisotopic (exact) mass is 327 g/mol. The number of aromatic nitrogens is 1. The van der Waals surface area contributed by atoms with E-state index in [0.717, 1.165) is 11.3 Å². The number of carbonyl (C=O) groups is 2. The molecule has 0 bridgehead atoms. The Morgan fingerprint density at radius 3 is 2.50 bits per heavy atom. The van der Waals surface area contributed by atoms with Crippen molar-refractivity contribution in [2.45, 2.75) is 20.4 Å². The van der Waals surface area contributed by atoms with E-state index in [1.807, 2.05) is 38.1 Å². The van der Waals surface area contributed by atoms with E-state index in [4.69, 9.17) is 4.74 Å². The Morgan fingerprint density at radius 1 is 1.17 bits per heavy atom. The summed E-state index contributed by atoms with van der Waals surface area (Å²) in [5.41, 5.74) is 2.05. The summed E-state index contributed by atoms with van der Waals surface area (Å²) in [7, 11) is 1.48. The van der Waals surface area contributed by atoms with Crippen molar-refractivity contribution in [1.82, 2.24) is 10.3 Å². The predicted octanol–water partition coefficient (Wildman–Crippen LogP) is 2.61. The average Bonchev–Trinajstić information content (AvgIpc) is 2.60. The molecule has 0 aliphatic heterocycles. The molecule has 24 heavy (non-hydrogen) atoms. The SMILES string of the molecule is COc1ncccc1C(=O)NCc1ccc(NC(=O)C(C)C)cc1. The summed E-state index contributed by atoms with van der Waals surface area (Å²) in [5, 5.41) is 5.65. The standard InChI is InChI=1S/C18H21N3O3/c1-12(2)16(22)21-14-8-6-13(7-9-14)11-20-17(23)15-5-4-10-19-18(15)24-3/h4-10,12H,11H2,1-3H3,(H,20,23)(H,21,22). The molecule has 0 radical (unpaired) electrons. The molecule has 0 unspecified atom stereocenters. The highest BCUT2D eigenvalue weighted by molar-refractivity contribution is 5.96. The van der Waals surface area contributed by atoms with E-state index >= 15 is 0 Å². The average molecular weight is 327 g/mol. The lowest BCUT2D eigenvalue weighted by atomic mass is 10.1. The molecule has 126 valence electrons. The van der Waals surface area contributed by atoms with Crippen molar-refractivity contribution in [3.63, 3.8) is 0 Å². The molecule has 1 heterocycles. The number of hydrogen-bond donors (Lipinski definition) is 2. The highest BCUT2D eigenvalue weighted by Crippen LogP contribution is 2.14. The Hall–Kier alpha value is -2.89. The van der Waals surface area contributed by atoms with E-state index in [1.54, 1.807) is 18.3 Å². The first-order chi connectivity index (χ1) is 11.5. The Kier molecular flexibility index (Phi) is 5.89. The molecule has 6 nitrogen and oxygen atoms in total. The van der Waals surface area contributed by atoms with Crippen molar-refractivity contribution >= 4 is 17.5 Å². The summed E-state index contributed by atoms with van der Waals surface area (Å²) in [5.74, 6) is -0.0583. The van der Waals surface area contributed by atoms with Crippen LogP contribution in [0, 0.1) is 5.92 Å². The van der Waals surface area contributed by atoms with Crippen LogP contribution < -0.4 is 15.4 Å². The zero-order valence-corrected chi connectivity index (χ0v) is 14.0. The quantitative estimate of drug-likeness (QED) is 0.854. The first kappa shape index (κ1) is 17.5. The maximum Gasteiger partial charge on any atom is 0.257 e. The van der Waals surface area contributed by atoms with E-state index < -0.39 is 0 Å². The lowest BCUT2D eigenvalue weighted by molar-refractivity contribution is -0.118. The largest absolute Gasteiger partial charge is 0.480 e. The molecule has 0 saturated carbocycles. The summed E-state index contributed by atoms with van der Waals surface area (Å²) in [6, 6.07) is 10.7. The lowest BCUT2D eigenvalue weighted by Crippen LogP contribution is -2.23. The topological polar surface area (TPSA) is 80.3 Å². The molecule has 0 aliphatic carbocycles. The molecule has 0 fully saturated rings. The van der Waals surface area contributed by atoms with Crippen LogP contribution in [0.1, 0.15) is 29.8 Å². The molecule has 0 atom stereocenters. The van der Waals surface area contributed by atoms with Gasteiger partial charge in [-0.05, 0) is 29.8 Å². The second-order valence-corrected chi connectivity index (χ2v) is 5.58. The number of nitrogens with zero attached hydrogens (tertiary/aromatic N) is 1. The van der Waals surface area contributed by atoms with Crippen LogP contribution >= 0.6 is 0 Å². The van der Waals surface area contributed by atoms with Gasteiger partial charge in [0.15, 0.2) is 0 Å². The van der Waals surface area contributed by atoms with Gasteiger partial charge in [0.1, 0.15) is 5.56 Å². The van der Waals surface area contributed by atoms with Crippen LogP contribution in [0.5, 0.6) is 5.88 Å². The van der Waals surface area contributed by atoms with Gasteiger partial charge in [-0.15, -0.1) is 0 Å². The maximum atomic E-state index is 12.2.